The highest BCUT2D eigenvalue weighted by atomic mass is 32.1. The first-order valence-corrected chi connectivity index (χ1v) is 6.72. The van der Waals surface area contributed by atoms with Crippen molar-refractivity contribution in [3.8, 4) is 0 Å². The number of nitrogens with one attached hydrogen (secondary N) is 1. The fourth-order valence-electron chi connectivity index (χ4n) is 1.67. The molecule has 3 N–H and O–H groups in total. The van der Waals surface area contributed by atoms with Gasteiger partial charge in [-0.1, -0.05) is 6.07 Å². The van der Waals surface area contributed by atoms with Crippen LogP contribution in [0.1, 0.15) is 16.1 Å². The van der Waals surface area contributed by atoms with Crippen LogP contribution >= 0.6 is 11.3 Å². The van der Waals surface area contributed by atoms with Crippen molar-refractivity contribution >= 4 is 28.6 Å². The molecule has 20 heavy (non-hydrogen) atoms. The van der Waals surface area contributed by atoms with Crippen molar-refractivity contribution in [3.63, 3.8) is 0 Å². The number of para-hydroxylation sites is 1. The number of anilines is 1. The predicted octanol–water partition coefficient (Wildman–Crippen LogP) is 1.61. The third-order valence-corrected chi connectivity index (χ3v) is 3.31. The summed E-state index contributed by atoms with van der Waals surface area (Å²) in [6.07, 6.45) is 0.601. The number of aromatic nitrogens is 1. The fourth-order valence-corrected chi connectivity index (χ4v) is 2.26. The van der Waals surface area contributed by atoms with Crippen molar-refractivity contribution in [2.45, 2.75) is 6.42 Å². The molecule has 0 saturated carbocycles. The third-order valence-electron chi connectivity index (χ3n) is 2.67. The van der Waals surface area contributed by atoms with Crippen LogP contribution in [0.4, 0.5) is 11.4 Å². The van der Waals surface area contributed by atoms with E-state index in [2.05, 4.69) is 10.3 Å². The summed E-state index contributed by atoms with van der Waals surface area (Å²) >= 11 is 1.48. The number of nitrogen functional groups attached to an aromatic ring is 1. The van der Waals surface area contributed by atoms with Crippen molar-refractivity contribution in [2.24, 2.45) is 0 Å². The Balaban J connectivity index is 2.02. The molecule has 0 aliphatic heterocycles. The number of nitrogens with zero attached hydrogens (tertiary/aromatic N) is 2. The molecule has 2 aromatic rings. The van der Waals surface area contributed by atoms with E-state index in [1.54, 1.807) is 5.51 Å². The van der Waals surface area contributed by atoms with Gasteiger partial charge in [0.15, 0.2) is 0 Å². The molecule has 0 aliphatic rings. The minimum absolute atomic E-state index is 0.109. The second-order valence-corrected chi connectivity index (χ2v) is 4.70. The number of carbonyl (C=O) groups excluding carboxylic acids is 1. The molecule has 2 rings (SSSR count). The van der Waals surface area contributed by atoms with Gasteiger partial charge in [0.25, 0.3) is 11.6 Å². The summed E-state index contributed by atoms with van der Waals surface area (Å²) in [5.74, 6) is -0.429. The minimum atomic E-state index is -0.610. The standard InChI is InChI=1S/C12H12N4O3S/c13-11-9(2-1-3-10(11)16(18)19)12(17)14-5-4-8-6-20-7-15-8/h1-3,6-7H,4-5,13H2,(H,14,17). The smallest absolute Gasteiger partial charge is 0.292 e. The van der Waals surface area contributed by atoms with Crippen LogP contribution in [0, 0.1) is 10.1 Å². The van der Waals surface area contributed by atoms with Crippen molar-refractivity contribution in [1.82, 2.24) is 10.3 Å². The van der Waals surface area contributed by atoms with Crippen molar-refractivity contribution in [1.29, 1.82) is 0 Å². The zero-order chi connectivity index (χ0) is 14.5. The molecule has 104 valence electrons. The molecular weight excluding hydrogens is 280 g/mol. The summed E-state index contributed by atoms with van der Waals surface area (Å²) in [6, 6.07) is 4.16. The largest absolute Gasteiger partial charge is 0.393 e. The Hall–Kier alpha value is -2.48. The van der Waals surface area contributed by atoms with Gasteiger partial charge in [0, 0.05) is 24.4 Å². The Bertz CT molecular complexity index is 628. The maximum absolute atomic E-state index is 11.9. The lowest BCUT2D eigenvalue weighted by molar-refractivity contribution is -0.383. The third kappa shape index (κ3) is 3.09. The normalized spacial score (nSPS) is 10.2. The van der Waals surface area contributed by atoms with Gasteiger partial charge in [-0.25, -0.2) is 4.98 Å². The van der Waals surface area contributed by atoms with Crippen LogP contribution in [-0.4, -0.2) is 22.4 Å². The monoisotopic (exact) mass is 292 g/mol. The number of nitro groups is 1. The summed E-state index contributed by atoms with van der Waals surface area (Å²) in [7, 11) is 0. The average Bonchev–Trinajstić information content (AvgIpc) is 2.91. The molecule has 0 aliphatic carbocycles. The van der Waals surface area contributed by atoms with Gasteiger partial charge >= 0.3 is 0 Å². The lowest BCUT2D eigenvalue weighted by Crippen LogP contribution is -2.26. The van der Waals surface area contributed by atoms with Crippen LogP contribution < -0.4 is 11.1 Å². The highest BCUT2D eigenvalue weighted by Gasteiger charge is 2.18. The molecule has 0 unspecified atom stereocenters. The van der Waals surface area contributed by atoms with Crippen molar-refractivity contribution in [3.05, 3.63) is 50.5 Å². The molecular formula is C12H12N4O3S. The van der Waals surface area contributed by atoms with E-state index in [0.29, 0.717) is 13.0 Å². The lowest BCUT2D eigenvalue weighted by atomic mass is 10.1. The summed E-state index contributed by atoms with van der Waals surface area (Å²) in [4.78, 5) is 26.2. The van der Waals surface area contributed by atoms with E-state index < -0.39 is 10.8 Å². The number of hydrogen-bond donors (Lipinski definition) is 2. The Kier molecular flexibility index (Phi) is 4.26. The zero-order valence-corrected chi connectivity index (χ0v) is 11.2. The van der Waals surface area contributed by atoms with Gasteiger partial charge in [-0.3, -0.25) is 14.9 Å². The van der Waals surface area contributed by atoms with Crippen LogP contribution in [-0.2, 0) is 6.42 Å². The number of nitro benzene ring substituents is 1. The quantitative estimate of drug-likeness (QED) is 0.494. The van der Waals surface area contributed by atoms with Crippen LogP contribution in [0.15, 0.2) is 29.1 Å². The molecule has 1 amide bonds. The van der Waals surface area contributed by atoms with Gasteiger partial charge < -0.3 is 11.1 Å². The first-order chi connectivity index (χ1) is 9.59. The van der Waals surface area contributed by atoms with E-state index in [1.165, 1.54) is 29.5 Å². The molecule has 1 heterocycles. The van der Waals surface area contributed by atoms with Gasteiger partial charge in [0.2, 0.25) is 0 Å². The van der Waals surface area contributed by atoms with Gasteiger partial charge in [-0.15, -0.1) is 11.3 Å². The Morgan fingerprint density at radius 3 is 2.95 bits per heavy atom. The topological polar surface area (TPSA) is 111 Å². The molecule has 0 saturated heterocycles. The van der Waals surface area contributed by atoms with Crippen molar-refractivity contribution in [2.75, 3.05) is 12.3 Å². The Morgan fingerprint density at radius 2 is 2.30 bits per heavy atom. The second kappa shape index (κ2) is 6.11. The molecule has 8 heteroatoms. The lowest BCUT2D eigenvalue weighted by Gasteiger charge is -2.07. The van der Waals surface area contributed by atoms with E-state index in [4.69, 9.17) is 5.73 Å². The van der Waals surface area contributed by atoms with E-state index in [-0.39, 0.29) is 16.9 Å². The number of rotatable bonds is 5. The molecule has 7 nitrogen and oxygen atoms in total. The number of hydrogen-bond acceptors (Lipinski definition) is 6. The minimum Gasteiger partial charge on any atom is -0.393 e. The maximum atomic E-state index is 11.9. The van der Waals surface area contributed by atoms with Gasteiger partial charge in [0.1, 0.15) is 5.69 Å². The average molecular weight is 292 g/mol. The van der Waals surface area contributed by atoms with E-state index in [1.807, 2.05) is 5.38 Å². The predicted molar refractivity (Wildman–Crippen MR) is 75.7 cm³/mol. The van der Waals surface area contributed by atoms with Gasteiger partial charge in [-0.05, 0) is 6.07 Å². The molecule has 0 fully saturated rings. The summed E-state index contributed by atoms with van der Waals surface area (Å²) in [5.41, 5.74) is 7.97. The SMILES string of the molecule is Nc1c(C(=O)NCCc2cscn2)cccc1[N+](=O)[O-]. The van der Waals surface area contributed by atoms with Gasteiger partial charge in [-0.2, -0.15) is 0 Å². The fraction of sp³-hybridized carbons (Fsp3) is 0.167. The molecule has 0 atom stereocenters. The number of nitrogens with two attached hydrogens (primary N) is 1. The van der Waals surface area contributed by atoms with Crippen LogP contribution in [0.25, 0.3) is 0 Å². The highest BCUT2D eigenvalue weighted by Crippen LogP contribution is 2.24. The summed E-state index contributed by atoms with van der Waals surface area (Å²) < 4.78 is 0. The second-order valence-electron chi connectivity index (χ2n) is 3.98. The van der Waals surface area contributed by atoms with Crippen LogP contribution in [0.3, 0.4) is 0 Å². The van der Waals surface area contributed by atoms with Crippen LogP contribution in [0.5, 0.6) is 0 Å². The number of thiazole rings is 1. The molecule has 1 aromatic heterocycles. The van der Waals surface area contributed by atoms with E-state index >= 15 is 0 Å². The number of benzene rings is 1. The van der Waals surface area contributed by atoms with Crippen molar-refractivity contribution < 1.29 is 9.72 Å². The van der Waals surface area contributed by atoms with E-state index in [0.717, 1.165) is 5.69 Å². The Labute approximate surface area is 118 Å². The number of carbonyl (C=O) groups is 1. The molecule has 0 radical (unpaired) electrons. The first kappa shape index (κ1) is 13.9. The summed E-state index contributed by atoms with van der Waals surface area (Å²) in [5, 5.41) is 15.3. The highest BCUT2D eigenvalue weighted by molar-refractivity contribution is 7.07. The Morgan fingerprint density at radius 1 is 1.50 bits per heavy atom. The molecule has 0 spiro atoms. The molecule has 0 bridgehead atoms. The van der Waals surface area contributed by atoms with Crippen LogP contribution in [0.2, 0.25) is 0 Å². The maximum Gasteiger partial charge on any atom is 0.292 e. The summed E-state index contributed by atoms with van der Waals surface area (Å²) in [6.45, 7) is 0.394. The van der Waals surface area contributed by atoms with E-state index in [9.17, 15) is 14.9 Å². The number of amides is 1. The zero-order valence-electron chi connectivity index (χ0n) is 10.4. The molecule has 1 aromatic carbocycles. The van der Waals surface area contributed by atoms with Gasteiger partial charge in [0.05, 0.1) is 21.7 Å². The first-order valence-electron chi connectivity index (χ1n) is 5.77.